The van der Waals surface area contributed by atoms with E-state index < -0.39 is 0 Å². The van der Waals surface area contributed by atoms with Gasteiger partial charge in [0.15, 0.2) is 5.65 Å². The molecule has 1 atom stereocenters. The third-order valence-corrected chi connectivity index (χ3v) is 5.38. The van der Waals surface area contributed by atoms with Gasteiger partial charge in [0, 0.05) is 42.1 Å². The van der Waals surface area contributed by atoms with Crippen LogP contribution in [0, 0.1) is 12.8 Å². The number of rotatable bonds is 4. The van der Waals surface area contributed by atoms with Crippen LogP contribution in [0.1, 0.15) is 35.8 Å². The quantitative estimate of drug-likeness (QED) is 0.707. The minimum absolute atomic E-state index is 0.0110. The molecule has 3 heterocycles. The largest absolute Gasteiger partial charge is 0.497 e. The van der Waals surface area contributed by atoms with Gasteiger partial charge in [0.2, 0.25) is 0 Å². The molecule has 1 saturated heterocycles. The number of likely N-dealkylation sites (tertiary alicyclic amines) is 1. The summed E-state index contributed by atoms with van der Waals surface area (Å²) in [6, 6.07) is 11.6. The minimum Gasteiger partial charge on any atom is -0.497 e. The van der Waals surface area contributed by atoms with Gasteiger partial charge < -0.3 is 15.0 Å². The number of benzene rings is 1. The van der Waals surface area contributed by atoms with Gasteiger partial charge in [-0.2, -0.15) is 0 Å². The van der Waals surface area contributed by atoms with E-state index in [4.69, 9.17) is 4.74 Å². The lowest BCUT2D eigenvalue weighted by molar-refractivity contribution is 0.0684. The van der Waals surface area contributed by atoms with Crippen molar-refractivity contribution in [2.45, 2.75) is 26.7 Å². The van der Waals surface area contributed by atoms with Crippen LogP contribution in [0.2, 0.25) is 0 Å². The maximum atomic E-state index is 13.4. The highest BCUT2D eigenvalue weighted by Gasteiger charge is 2.25. The number of hydrogen-bond acceptors (Lipinski definition) is 5. The fourth-order valence-corrected chi connectivity index (χ4v) is 3.86. The minimum atomic E-state index is 0.0110. The molecule has 6 nitrogen and oxygen atoms in total. The molecule has 1 fully saturated rings. The van der Waals surface area contributed by atoms with Crippen LogP contribution in [0.3, 0.4) is 0 Å². The third-order valence-electron chi connectivity index (χ3n) is 5.38. The van der Waals surface area contributed by atoms with Gasteiger partial charge in [-0.25, -0.2) is 9.97 Å². The van der Waals surface area contributed by atoms with Gasteiger partial charge in [-0.15, -0.1) is 0 Å². The summed E-state index contributed by atoms with van der Waals surface area (Å²) in [5.74, 6) is 1.28. The number of carbonyl (C=O) groups excluding carboxylic acids is 1. The second-order valence-corrected chi connectivity index (χ2v) is 7.73. The number of piperidine rings is 1. The molecular weight excluding hydrogens is 364 g/mol. The first kappa shape index (κ1) is 19.2. The maximum absolute atomic E-state index is 13.4. The molecule has 0 unspecified atom stereocenters. The Kier molecular flexibility index (Phi) is 5.34. The predicted octanol–water partition coefficient (Wildman–Crippen LogP) is 4.56. The summed E-state index contributed by atoms with van der Waals surface area (Å²) in [6.07, 6.45) is 3.85. The van der Waals surface area contributed by atoms with Crippen molar-refractivity contribution in [1.82, 2.24) is 14.9 Å². The van der Waals surface area contributed by atoms with Gasteiger partial charge >= 0.3 is 0 Å². The number of nitrogens with zero attached hydrogens (tertiary/aromatic N) is 3. The topological polar surface area (TPSA) is 67.3 Å². The Morgan fingerprint density at radius 1 is 1.28 bits per heavy atom. The monoisotopic (exact) mass is 390 g/mol. The van der Waals surface area contributed by atoms with Crippen LogP contribution >= 0.6 is 0 Å². The SMILES string of the molecule is COc1cccc(Nc2c(C(=O)N3CCC[C@@H](C)C3)cnc3nc(C)ccc23)c1. The van der Waals surface area contributed by atoms with E-state index >= 15 is 0 Å². The summed E-state index contributed by atoms with van der Waals surface area (Å²) < 4.78 is 5.34. The van der Waals surface area contributed by atoms with Gasteiger partial charge in [-0.3, -0.25) is 4.79 Å². The molecule has 0 bridgehead atoms. The van der Waals surface area contributed by atoms with E-state index in [1.165, 1.54) is 0 Å². The van der Waals surface area contributed by atoms with Gasteiger partial charge in [0.1, 0.15) is 5.75 Å². The van der Waals surface area contributed by atoms with Crippen LogP contribution in [-0.2, 0) is 0 Å². The van der Waals surface area contributed by atoms with Gasteiger partial charge in [0.05, 0.1) is 18.4 Å². The molecule has 1 aliphatic heterocycles. The Morgan fingerprint density at radius 2 is 2.14 bits per heavy atom. The first-order valence-electron chi connectivity index (χ1n) is 10.0. The number of anilines is 2. The number of aromatic nitrogens is 2. The van der Waals surface area contributed by atoms with Crippen LogP contribution in [-0.4, -0.2) is 41.0 Å². The molecule has 29 heavy (non-hydrogen) atoms. The summed E-state index contributed by atoms with van der Waals surface area (Å²) >= 11 is 0. The first-order chi connectivity index (χ1) is 14.0. The Balaban J connectivity index is 1.79. The normalized spacial score (nSPS) is 16.7. The van der Waals surface area contributed by atoms with E-state index in [0.29, 0.717) is 17.1 Å². The van der Waals surface area contributed by atoms with Crippen LogP contribution in [0.4, 0.5) is 11.4 Å². The number of ether oxygens (including phenoxy) is 1. The summed E-state index contributed by atoms with van der Waals surface area (Å²) in [4.78, 5) is 24.4. The molecule has 150 valence electrons. The van der Waals surface area contributed by atoms with Crippen molar-refractivity contribution in [1.29, 1.82) is 0 Å². The van der Waals surface area contributed by atoms with Crippen molar-refractivity contribution in [2.24, 2.45) is 5.92 Å². The fraction of sp³-hybridized carbons (Fsp3) is 0.348. The van der Waals surface area contributed by atoms with Crippen molar-refractivity contribution < 1.29 is 9.53 Å². The molecule has 0 saturated carbocycles. The summed E-state index contributed by atoms with van der Waals surface area (Å²) in [6.45, 7) is 5.69. The number of aryl methyl sites for hydroxylation is 1. The highest BCUT2D eigenvalue weighted by Crippen LogP contribution is 2.31. The number of fused-ring (bicyclic) bond motifs is 1. The lowest BCUT2D eigenvalue weighted by Crippen LogP contribution is -2.39. The average Bonchev–Trinajstić information content (AvgIpc) is 2.73. The van der Waals surface area contributed by atoms with Gasteiger partial charge in [-0.1, -0.05) is 13.0 Å². The molecule has 0 radical (unpaired) electrons. The third kappa shape index (κ3) is 4.01. The Morgan fingerprint density at radius 3 is 2.93 bits per heavy atom. The zero-order valence-corrected chi connectivity index (χ0v) is 17.1. The summed E-state index contributed by atoms with van der Waals surface area (Å²) in [5, 5.41) is 4.26. The lowest BCUT2D eigenvalue weighted by atomic mass is 9.99. The fourth-order valence-electron chi connectivity index (χ4n) is 3.86. The summed E-state index contributed by atoms with van der Waals surface area (Å²) in [7, 11) is 1.64. The van der Waals surface area contributed by atoms with E-state index in [1.54, 1.807) is 13.3 Å². The van der Waals surface area contributed by atoms with Gasteiger partial charge in [-0.05, 0) is 49.9 Å². The maximum Gasteiger partial charge on any atom is 0.257 e. The average molecular weight is 390 g/mol. The molecule has 1 amide bonds. The lowest BCUT2D eigenvalue weighted by Gasteiger charge is -2.31. The Hall–Kier alpha value is -3.15. The molecule has 1 N–H and O–H groups in total. The number of pyridine rings is 2. The van der Waals surface area contributed by atoms with Crippen LogP contribution < -0.4 is 10.1 Å². The Labute approximate surface area is 170 Å². The van der Waals surface area contributed by atoms with Gasteiger partial charge in [0.25, 0.3) is 5.91 Å². The number of nitrogens with one attached hydrogen (secondary N) is 1. The van der Waals surface area contributed by atoms with Crippen LogP contribution in [0.15, 0.2) is 42.6 Å². The molecule has 3 aromatic rings. The highest BCUT2D eigenvalue weighted by atomic mass is 16.5. The van der Waals surface area contributed by atoms with Crippen molar-refractivity contribution in [3.63, 3.8) is 0 Å². The van der Waals surface area contributed by atoms with Crippen molar-refractivity contribution in [3.8, 4) is 5.75 Å². The van der Waals surface area contributed by atoms with E-state index in [0.717, 1.165) is 54.1 Å². The zero-order valence-electron chi connectivity index (χ0n) is 17.1. The van der Waals surface area contributed by atoms with E-state index in [2.05, 4.69) is 22.2 Å². The number of carbonyl (C=O) groups is 1. The number of hydrogen-bond donors (Lipinski definition) is 1. The number of methoxy groups -OCH3 is 1. The predicted molar refractivity (Wildman–Crippen MR) is 115 cm³/mol. The van der Waals surface area contributed by atoms with E-state index in [9.17, 15) is 4.79 Å². The van der Waals surface area contributed by atoms with Crippen molar-refractivity contribution >= 4 is 28.3 Å². The standard InChI is InChI=1S/C23H26N4O2/c1-15-6-5-11-27(14-15)23(28)20-13-24-22-19(10-9-16(2)25-22)21(20)26-17-7-4-8-18(12-17)29-3/h4,7-10,12-13,15H,5-6,11,14H2,1-3H3,(H,24,25,26)/t15-/m1/s1. The molecule has 4 rings (SSSR count). The van der Waals surface area contributed by atoms with Crippen molar-refractivity contribution in [3.05, 3.63) is 53.9 Å². The Bertz CT molecular complexity index is 1050. The second-order valence-electron chi connectivity index (χ2n) is 7.73. The summed E-state index contributed by atoms with van der Waals surface area (Å²) in [5.41, 5.74) is 3.66. The molecule has 0 spiro atoms. The molecule has 0 aliphatic carbocycles. The molecule has 2 aromatic heterocycles. The molecular formula is C23H26N4O2. The molecule has 1 aliphatic rings. The highest BCUT2D eigenvalue weighted by molar-refractivity contribution is 6.07. The second kappa shape index (κ2) is 8.07. The van der Waals surface area contributed by atoms with Crippen molar-refractivity contribution in [2.75, 3.05) is 25.5 Å². The van der Waals surface area contributed by atoms with Crippen LogP contribution in [0.5, 0.6) is 5.75 Å². The van der Waals surface area contributed by atoms with E-state index in [-0.39, 0.29) is 5.91 Å². The van der Waals surface area contributed by atoms with E-state index in [1.807, 2.05) is 48.2 Å². The molecule has 1 aromatic carbocycles. The van der Waals surface area contributed by atoms with Crippen LogP contribution in [0.25, 0.3) is 11.0 Å². The number of amides is 1. The molecule has 6 heteroatoms. The smallest absolute Gasteiger partial charge is 0.257 e. The first-order valence-corrected chi connectivity index (χ1v) is 10.0. The zero-order chi connectivity index (χ0) is 20.4.